The van der Waals surface area contributed by atoms with Gasteiger partial charge in [-0.15, -0.1) is 0 Å². The predicted octanol–water partition coefficient (Wildman–Crippen LogP) is 4.37. The molecule has 0 amide bonds. The van der Waals surface area contributed by atoms with Crippen LogP contribution in [0, 0.1) is 16.0 Å². The van der Waals surface area contributed by atoms with Crippen LogP contribution < -0.4 is 5.32 Å². The van der Waals surface area contributed by atoms with Crippen molar-refractivity contribution in [3.8, 4) is 0 Å². The second kappa shape index (κ2) is 9.34. The molecule has 5 heteroatoms. The summed E-state index contributed by atoms with van der Waals surface area (Å²) in [4.78, 5) is 10.8. The lowest BCUT2D eigenvalue weighted by molar-refractivity contribution is -0.384. The Morgan fingerprint density at radius 1 is 1.33 bits per heavy atom. The monoisotopic (exact) mass is 294 g/mol. The Bertz CT molecular complexity index is 449. The topological polar surface area (TPSA) is 64.4 Å². The molecule has 0 aromatic heterocycles. The Hall–Kier alpha value is -1.62. The maximum atomic E-state index is 11.1. The smallest absolute Gasteiger partial charge is 0.292 e. The second-order valence-electron chi connectivity index (χ2n) is 5.40. The van der Waals surface area contributed by atoms with Crippen LogP contribution >= 0.6 is 0 Å². The number of nitrogens with one attached hydrogen (secondary N) is 1. The normalized spacial score (nSPS) is 12.1. The first kappa shape index (κ1) is 17.4. The Morgan fingerprint density at radius 2 is 2.10 bits per heavy atom. The maximum Gasteiger partial charge on any atom is 0.292 e. The zero-order valence-corrected chi connectivity index (χ0v) is 13.2. The van der Waals surface area contributed by atoms with Crippen molar-refractivity contribution >= 4 is 11.4 Å². The average Bonchev–Trinajstić information content (AvgIpc) is 2.45. The second-order valence-corrected chi connectivity index (χ2v) is 5.40. The van der Waals surface area contributed by atoms with Crippen LogP contribution in [-0.2, 0) is 11.3 Å². The highest BCUT2D eigenvalue weighted by molar-refractivity contribution is 5.66. The van der Waals surface area contributed by atoms with E-state index >= 15 is 0 Å². The van der Waals surface area contributed by atoms with Crippen molar-refractivity contribution in [1.82, 2.24) is 0 Å². The lowest BCUT2D eigenvalue weighted by Crippen LogP contribution is -2.09. The first-order valence-corrected chi connectivity index (χ1v) is 7.68. The highest BCUT2D eigenvalue weighted by Gasteiger charge is 2.17. The zero-order valence-electron chi connectivity index (χ0n) is 13.2. The summed E-state index contributed by atoms with van der Waals surface area (Å²) in [6, 6.07) is 5.13. The van der Waals surface area contributed by atoms with Gasteiger partial charge in [0.1, 0.15) is 5.69 Å². The van der Waals surface area contributed by atoms with E-state index in [0.717, 1.165) is 24.8 Å². The molecule has 5 nitrogen and oxygen atoms in total. The number of nitrogens with zero attached hydrogens (tertiary/aromatic N) is 1. The number of nitro benzene ring substituents is 1. The largest absolute Gasteiger partial charge is 0.379 e. The molecular weight excluding hydrogens is 268 g/mol. The van der Waals surface area contributed by atoms with Crippen LogP contribution in [0.2, 0.25) is 0 Å². The van der Waals surface area contributed by atoms with E-state index in [4.69, 9.17) is 4.74 Å². The van der Waals surface area contributed by atoms with Gasteiger partial charge in [-0.1, -0.05) is 39.3 Å². The van der Waals surface area contributed by atoms with Gasteiger partial charge in [0.05, 0.1) is 11.5 Å². The summed E-state index contributed by atoms with van der Waals surface area (Å²) in [6.45, 7) is 8.15. The SMILES string of the molecule is CCCNc1c(COCC(C)CCC)cccc1[N+](=O)[O-]. The fourth-order valence-corrected chi connectivity index (χ4v) is 2.26. The van der Waals surface area contributed by atoms with Crippen LogP contribution in [0.25, 0.3) is 0 Å². The summed E-state index contributed by atoms with van der Waals surface area (Å²) in [5, 5.41) is 14.3. The van der Waals surface area contributed by atoms with E-state index in [9.17, 15) is 10.1 Å². The van der Waals surface area contributed by atoms with Crippen molar-refractivity contribution in [1.29, 1.82) is 0 Å². The molecule has 1 atom stereocenters. The molecule has 0 spiro atoms. The fraction of sp³-hybridized carbons (Fsp3) is 0.625. The lowest BCUT2D eigenvalue weighted by atomic mass is 10.1. The number of rotatable bonds is 10. The lowest BCUT2D eigenvalue weighted by Gasteiger charge is -2.14. The van der Waals surface area contributed by atoms with Gasteiger partial charge >= 0.3 is 0 Å². The van der Waals surface area contributed by atoms with Crippen LogP contribution in [-0.4, -0.2) is 18.1 Å². The summed E-state index contributed by atoms with van der Waals surface area (Å²) in [6.07, 6.45) is 3.19. The van der Waals surface area contributed by atoms with Crippen LogP contribution in [0.4, 0.5) is 11.4 Å². The third-order valence-electron chi connectivity index (χ3n) is 3.32. The average molecular weight is 294 g/mol. The molecule has 1 aromatic rings. The molecule has 0 aliphatic heterocycles. The predicted molar refractivity (Wildman–Crippen MR) is 85.6 cm³/mol. The van der Waals surface area contributed by atoms with Gasteiger partial charge in [0, 0.05) is 24.8 Å². The number of benzene rings is 1. The highest BCUT2D eigenvalue weighted by atomic mass is 16.6. The van der Waals surface area contributed by atoms with Gasteiger partial charge in [-0.25, -0.2) is 0 Å². The molecular formula is C16H26N2O3. The van der Waals surface area contributed by atoms with E-state index in [2.05, 4.69) is 19.2 Å². The van der Waals surface area contributed by atoms with E-state index in [1.165, 1.54) is 6.07 Å². The molecule has 1 unspecified atom stereocenters. The number of para-hydroxylation sites is 1. The summed E-state index contributed by atoms with van der Waals surface area (Å²) in [7, 11) is 0. The van der Waals surface area contributed by atoms with Gasteiger partial charge in [0.2, 0.25) is 0 Å². The third-order valence-corrected chi connectivity index (χ3v) is 3.32. The first-order valence-electron chi connectivity index (χ1n) is 7.68. The van der Waals surface area contributed by atoms with E-state index < -0.39 is 0 Å². The Kier molecular flexibility index (Phi) is 7.75. The molecule has 0 saturated heterocycles. The maximum absolute atomic E-state index is 11.1. The summed E-state index contributed by atoms with van der Waals surface area (Å²) < 4.78 is 5.73. The number of hydrogen-bond acceptors (Lipinski definition) is 4. The van der Waals surface area contributed by atoms with Crippen molar-refractivity contribution < 1.29 is 9.66 Å². The van der Waals surface area contributed by atoms with Crippen molar-refractivity contribution in [3.63, 3.8) is 0 Å². The Morgan fingerprint density at radius 3 is 2.71 bits per heavy atom. The molecule has 0 aliphatic rings. The molecule has 118 valence electrons. The van der Waals surface area contributed by atoms with Gasteiger partial charge < -0.3 is 10.1 Å². The molecule has 0 bridgehead atoms. The van der Waals surface area contributed by atoms with Crippen molar-refractivity contribution in [2.24, 2.45) is 5.92 Å². The molecule has 1 rings (SSSR count). The van der Waals surface area contributed by atoms with Crippen LogP contribution in [0.15, 0.2) is 18.2 Å². The Balaban J connectivity index is 2.75. The Labute approximate surface area is 126 Å². The minimum absolute atomic E-state index is 0.117. The van der Waals surface area contributed by atoms with Crippen LogP contribution in [0.3, 0.4) is 0 Å². The molecule has 0 radical (unpaired) electrons. The van der Waals surface area contributed by atoms with Gasteiger partial charge in [-0.2, -0.15) is 0 Å². The summed E-state index contributed by atoms with van der Waals surface area (Å²) in [5.41, 5.74) is 1.56. The number of hydrogen-bond donors (Lipinski definition) is 1. The molecule has 0 fully saturated rings. The van der Waals surface area contributed by atoms with Gasteiger partial charge in [-0.05, 0) is 18.8 Å². The highest BCUT2D eigenvalue weighted by Crippen LogP contribution is 2.29. The van der Waals surface area contributed by atoms with Crippen molar-refractivity contribution in [2.45, 2.75) is 46.6 Å². The van der Waals surface area contributed by atoms with Gasteiger partial charge in [0.25, 0.3) is 5.69 Å². The molecule has 1 aromatic carbocycles. The standard InChI is InChI=1S/C16H26N2O3/c1-4-7-13(3)11-21-12-14-8-6-9-15(18(19)20)16(14)17-10-5-2/h6,8-9,13,17H,4-5,7,10-12H2,1-3H3. The summed E-state index contributed by atoms with van der Waals surface area (Å²) >= 11 is 0. The molecule has 0 saturated carbocycles. The van der Waals surface area contributed by atoms with E-state index in [1.54, 1.807) is 6.07 Å². The van der Waals surface area contributed by atoms with E-state index in [1.807, 2.05) is 13.0 Å². The molecule has 1 N–H and O–H groups in total. The zero-order chi connectivity index (χ0) is 15.7. The van der Waals surface area contributed by atoms with Crippen molar-refractivity contribution in [3.05, 3.63) is 33.9 Å². The number of nitro groups is 1. The van der Waals surface area contributed by atoms with Gasteiger partial charge in [0.15, 0.2) is 0 Å². The number of ether oxygens (including phenoxy) is 1. The fourth-order valence-electron chi connectivity index (χ4n) is 2.26. The minimum Gasteiger partial charge on any atom is -0.379 e. The quantitative estimate of drug-likeness (QED) is 0.514. The molecule has 0 aliphatic carbocycles. The van der Waals surface area contributed by atoms with Crippen LogP contribution in [0.5, 0.6) is 0 Å². The molecule has 0 heterocycles. The number of anilines is 1. The third kappa shape index (κ3) is 5.71. The van der Waals surface area contributed by atoms with Crippen molar-refractivity contribution in [2.75, 3.05) is 18.5 Å². The minimum atomic E-state index is -0.346. The first-order chi connectivity index (χ1) is 10.1. The summed E-state index contributed by atoms with van der Waals surface area (Å²) in [5.74, 6) is 0.515. The van der Waals surface area contributed by atoms with E-state index in [-0.39, 0.29) is 10.6 Å². The van der Waals surface area contributed by atoms with E-state index in [0.29, 0.717) is 31.4 Å². The molecule has 21 heavy (non-hydrogen) atoms. The van der Waals surface area contributed by atoms with Crippen LogP contribution in [0.1, 0.15) is 45.6 Å². The van der Waals surface area contributed by atoms with Gasteiger partial charge in [-0.3, -0.25) is 10.1 Å².